The lowest BCUT2D eigenvalue weighted by Crippen LogP contribution is -2.57. The Morgan fingerprint density at radius 2 is 1.66 bits per heavy atom. The Morgan fingerprint density at radius 3 is 2.43 bits per heavy atom. The van der Waals surface area contributed by atoms with Crippen molar-refractivity contribution in [3.63, 3.8) is 0 Å². The second kappa shape index (κ2) is 8.04. The molecule has 5 aliphatic rings. The van der Waals surface area contributed by atoms with E-state index in [2.05, 4.69) is 62.5 Å². The first-order valence-electron chi connectivity index (χ1n) is 13.5. The van der Waals surface area contributed by atoms with Crippen LogP contribution in [0.4, 0.5) is 5.69 Å². The molecule has 2 unspecified atom stereocenters. The van der Waals surface area contributed by atoms with Crippen LogP contribution in [-0.4, -0.2) is 20.7 Å². The molecule has 5 heteroatoms. The van der Waals surface area contributed by atoms with Crippen LogP contribution in [0, 0.1) is 17.3 Å². The van der Waals surface area contributed by atoms with Crippen molar-refractivity contribution >= 4 is 11.6 Å². The van der Waals surface area contributed by atoms with Crippen LogP contribution in [0.3, 0.4) is 0 Å². The van der Waals surface area contributed by atoms with E-state index in [-0.39, 0.29) is 16.7 Å². The third-order valence-electron chi connectivity index (χ3n) is 9.44. The van der Waals surface area contributed by atoms with E-state index in [1.54, 1.807) is 0 Å². The zero-order valence-corrected chi connectivity index (χ0v) is 20.4. The molecule has 180 valence electrons. The maximum absolute atomic E-state index is 13.8. The molecular formula is C30H34N4O. The molecule has 35 heavy (non-hydrogen) atoms. The molecule has 4 fully saturated rings. The molecule has 4 saturated carbocycles. The molecular weight excluding hydrogens is 432 g/mol. The van der Waals surface area contributed by atoms with Crippen molar-refractivity contribution in [2.45, 2.75) is 76.2 Å². The van der Waals surface area contributed by atoms with Crippen molar-refractivity contribution in [3.8, 4) is 11.4 Å². The second-order valence-electron chi connectivity index (χ2n) is 11.8. The summed E-state index contributed by atoms with van der Waals surface area (Å²) in [6, 6.07) is 19.3. The summed E-state index contributed by atoms with van der Waals surface area (Å²) < 4.78 is 2.28. The van der Waals surface area contributed by atoms with Gasteiger partial charge in [0.1, 0.15) is 5.82 Å². The van der Waals surface area contributed by atoms with Crippen molar-refractivity contribution in [2.24, 2.45) is 17.3 Å². The van der Waals surface area contributed by atoms with Gasteiger partial charge in [0.2, 0.25) is 5.91 Å². The van der Waals surface area contributed by atoms with Gasteiger partial charge in [0, 0.05) is 24.2 Å². The number of anilines is 1. The Bertz CT molecular complexity index is 1230. The molecule has 0 radical (unpaired) electrons. The minimum Gasteiger partial charge on any atom is -0.326 e. The maximum atomic E-state index is 13.8. The Balaban J connectivity index is 1.12. The quantitative estimate of drug-likeness (QED) is 0.502. The lowest BCUT2D eigenvalue weighted by molar-refractivity contribution is -0.143. The van der Waals surface area contributed by atoms with Gasteiger partial charge in [-0.3, -0.25) is 4.79 Å². The van der Waals surface area contributed by atoms with Crippen molar-refractivity contribution < 1.29 is 4.79 Å². The first-order chi connectivity index (χ1) is 17.1. The number of rotatable bonds is 4. The number of hydrogen-bond acceptors (Lipinski definition) is 3. The predicted octanol–water partition coefficient (Wildman–Crippen LogP) is 6.15. The smallest absolute Gasteiger partial charge is 0.230 e. The number of aromatic nitrogens is 3. The van der Waals surface area contributed by atoms with Gasteiger partial charge in [0.25, 0.3) is 0 Å². The fourth-order valence-electron chi connectivity index (χ4n) is 8.32. The van der Waals surface area contributed by atoms with Gasteiger partial charge < -0.3 is 9.88 Å². The van der Waals surface area contributed by atoms with Crippen LogP contribution < -0.4 is 5.32 Å². The highest BCUT2D eigenvalue weighted by molar-refractivity contribution is 5.96. The zero-order chi connectivity index (χ0) is 23.5. The summed E-state index contributed by atoms with van der Waals surface area (Å²) in [4.78, 5) is 13.8. The third kappa shape index (κ3) is 3.54. The van der Waals surface area contributed by atoms with Crippen molar-refractivity contribution in [1.29, 1.82) is 0 Å². The Morgan fingerprint density at radius 1 is 0.886 bits per heavy atom. The normalized spacial score (nSPS) is 31.1. The number of fused-ring (bicyclic) bond motifs is 1. The van der Waals surface area contributed by atoms with E-state index < -0.39 is 0 Å². The third-order valence-corrected chi connectivity index (χ3v) is 9.44. The Kier molecular flexibility index (Phi) is 4.90. The van der Waals surface area contributed by atoms with Crippen molar-refractivity contribution in [2.75, 3.05) is 5.32 Å². The molecule has 8 rings (SSSR count). The lowest BCUT2D eigenvalue weighted by Gasteiger charge is -2.61. The number of hydrogen-bond donors (Lipinski definition) is 1. The number of carbonyl (C=O) groups is 1. The largest absolute Gasteiger partial charge is 0.326 e. The Hall–Kier alpha value is -2.95. The number of amides is 1. The number of benzene rings is 2. The minimum atomic E-state index is -0.233. The molecule has 1 amide bonds. The van der Waals surface area contributed by atoms with Gasteiger partial charge in [-0.2, -0.15) is 0 Å². The topological polar surface area (TPSA) is 59.8 Å². The molecule has 0 saturated heterocycles. The van der Waals surface area contributed by atoms with E-state index in [0.29, 0.717) is 11.8 Å². The van der Waals surface area contributed by atoms with Gasteiger partial charge in [-0.1, -0.05) is 36.8 Å². The van der Waals surface area contributed by atoms with Gasteiger partial charge >= 0.3 is 0 Å². The van der Waals surface area contributed by atoms with E-state index in [1.165, 1.54) is 44.1 Å². The summed E-state index contributed by atoms with van der Waals surface area (Å²) in [5.74, 6) is 3.63. The van der Waals surface area contributed by atoms with Gasteiger partial charge in [0.05, 0.1) is 5.41 Å². The zero-order valence-electron chi connectivity index (χ0n) is 20.4. The second-order valence-corrected chi connectivity index (χ2v) is 11.8. The first kappa shape index (κ1) is 21.3. The SMILES string of the molecule is O=C(Nc1ccc(-c2nnc3n2CCCCC3)cc1)C12C[C@H]3C[C@@H](C1)CC(c1ccccc1)(C3)C2. The van der Waals surface area contributed by atoms with Crippen LogP contribution in [0.15, 0.2) is 54.6 Å². The molecule has 5 nitrogen and oxygen atoms in total. The summed E-state index contributed by atoms with van der Waals surface area (Å²) in [7, 11) is 0. The van der Waals surface area contributed by atoms with Crippen LogP contribution in [-0.2, 0) is 23.2 Å². The van der Waals surface area contributed by atoms with Crippen LogP contribution >= 0.6 is 0 Å². The van der Waals surface area contributed by atoms with E-state index in [9.17, 15) is 4.79 Å². The molecule has 1 aromatic heterocycles. The van der Waals surface area contributed by atoms with Crippen LogP contribution in [0.2, 0.25) is 0 Å². The number of nitrogens with zero attached hydrogens (tertiary/aromatic N) is 3. The van der Waals surface area contributed by atoms with E-state index in [4.69, 9.17) is 0 Å². The molecule has 2 heterocycles. The van der Waals surface area contributed by atoms with E-state index >= 15 is 0 Å². The van der Waals surface area contributed by atoms with Crippen LogP contribution in [0.5, 0.6) is 0 Å². The average Bonchev–Trinajstić information content (AvgIpc) is 3.12. The number of aryl methyl sites for hydroxylation is 1. The Labute approximate surface area is 207 Å². The van der Waals surface area contributed by atoms with Crippen LogP contribution in [0.25, 0.3) is 11.4 Å². The van der Waals surface area contributed by atoms with Gasteiger partial charge in [-0.25, -0.2) is 0 Å². The molecule has 1 aliphatic heterocycles. The number of nitrogens with one attached hydrogen (secondary N) is 1. The summed E-state index contributed by atoms with van der Waals surface area (Å²) >= 11 is 0. The fraction of sp³-hybridized carbons (Fsp3) is 0.500. The summed E-state index contributed by atoms with van der Waals surface area (Å²) in [6.07, 6.45) is 11.5. The van der Waals surface area contributed by atoms with Gasteiger partial charge in [-0.15, -0.1) is 10.2 Å². The number of carbonyl (C=O) groups excluding carboxylic acids is 1. The molecule has 0 spiro atoms. The summed E-state index contributed by atoms with van der Waals surface area (Å²) in [5, 5.41) is 12.3. The van der Waals surface area contributed by atoms with Gasteiger partial charge in [0.15, 0.2) is 5.82 Å². The molecule has 4 atom stereocenters. The molecule has 3 aromatic rings. The highest BCUT2D eigenvalue weighted by Gasteiger charge is 2.60. The molecule has 1 N–H and O–H groups in total. The predicted molar refractivity (Wildman–Crippen MR) is 137 cm³/mol. The maximum Gasteiger partial charge on any atom is 0.230 e. The summed E-state index contributed by atoms with van der Waals surface area (Å²) in [5.41, 5.74) is 3.35. The molecule has 4 aliphatic carbocycles. The van der Waals surface area contributed by atoms with E-state index in [0.717, 1.165) is 55.1 Å². The van der Waals surface area contributed by atoms with Crippen molar-refractivity contribution in [1.82, 2.24) is 14.8 Å². The highest BCUT2D eigenvalue weighted by atomic mass is 16.2. The van der Waals surface area contributed by atoms with Crippen molar-refractivity contribution in [3.05, 3.63) is 66.0 Å². The molecule has 2 aromatic carbocycles. The monoisotopic (exact) mass is 466 g/mol. The highest BCUT2D eigenvalue weighted by Crippen LogP contribution is 2.66. The minimum absolute atomic E-state index is 0.179. The first-order valence-corrected chi connectivity index (χ1v) is 13.5. The lowest BCUT2D eigenvalue weighted by atomic mass is 9.42. The molecule has 4 bridgehead atoms. The van der Waals surface area contributed by atoms with E-state index in [1.807, 2.05) is 12.1 Å². The standard InChI is InChI=1S/C30H34N4O/c35-28(30-18-21-15-22(19-30)17-29(16-21,20-30)24-7-3-1-4-8-24)31-25-12-10-23(11-13-25)27-33-32-26-9-5-2-6-14-34(26)27/h1,3-4,7-8,10-13,21-22H,2,5-6,9,14-20H2,(H,31,35)/t21-,22+,29?,30?. The van der Waals surface area contributed by atoms with Gasteiger partial charge in [-0.05, 0) is 98.4 Å². The fourth-order valence-corrected chi connectivity index (χ4v) is 8.32. The summed E-state index contributed by atoms with van der Waals surface area (Å²) in [6.45, 7) is 0.990. The average molecular weight is 467 g/mol. The van der Waals surface area contributed by atoms with Crippen LogP contribution in [0.1, 0.15) is 69.2 Å².